The topological polar surface area (TPSA) is 94.9 Å². The van der Waals surface area contributed by atoms with Crippen LogP contribution in [0.5, 0.6) is 0 Å². The van der Waals surface area contributed by atoms with Gasteiger partial charge in [0.1, 0.15) is 0 Å². The number of fused-ring (bicyclic) bond motifs is 1. The van der Waals surface area contributed by atoms with E-state index >= 15 is 0 Å². The van der Waals surface area contributed by atoms with Gasteiger partial charge in [-0.3, -0.25) is 24.0 Å². The normalized spacial score (nSPS) is 15.0. The van der Waals surface area contributed by atoms with Crippen molar-refractivity contribution in [3.05, 3.63) is 76.2 Å². The van der Waals surface area contributed by atoms with E-state index in [-0.39, 0.29) is 17.0 Å². The van der Waals surface area contributed by atoms with Gasteiger partial charge in [0.15, 0.2) is 0 Å². The number of carbonyl (C=O) groups is 2. The highest BCUT2D eigenvalue weighted by molar-refractivity contribution is 6.04. The maximum absolute atomic E-state index is 13.5. The van der Waals surface area contributed by atoms with Gasteiger partial charge in [-0.05, 0) is 18.2 Å². The molecule has 1 fully saturated rings. The minimum atomic E-state index is -1.06. The minimum Gasteiger partial charge on any atom is -0.478 e. The molecule has 1 aliphatic heterocycles. The molecule has 166 valence electrons. The van der Waals surface area contributed by atoms with Crippen molar-refractivity contribution in [2.45, 2.75) is 6.54 Å². The molecule has 8 heteroatoms. The molecule has 1 amide bonds. The van der Waals surface area contributed by atoms with Gasteiger partial charge in [0.25, 0.3) is 5.56 Å². The van der Waals surface area contributed by atoms with Crippen LogP contribution >= 0.6 is 0 Å². The Balaban J connectivity index is 1.76. The molecular weight excluding hydrogens is 408 g/mol. The second kappa shape index (κ2) is 9.33. The number of carboxylic acid groups (broad SMARTS) is 1. The van der Waals surface area contributed by atoms with Crippen LogP contribution in [0.25, 0.3) is 16.5 Å². The molecule has 2 aromatic carbocycles. The van der Waals surface area contributed by atoms with Crippen LogP contribution in [0, 0.1) is 0 Å². The molecule has 0 bridgehead atoms. The number of hydrogen-bond donors (Lipinski definition) is 2. The van der Waals surface area contributed by atoms with E-state index in [9.17, 15) is 19.5 Å². The Morgan fingerprint density at radius 2 is 1.50 bits per heavy atom. The summed E-state index contributed by atoms with van der Waals surface area (Å²) < 4.78 is 1.53. The molecule has 0 unspecified atom stereocenters. The number of likely N-dealkylation sites (N-methyl/N-ethyl adjacent to an activating group) is 1. The largest absolute Gasteiger partial charge is 0.478 e. The van der Waals surface area contributed by atoms with Crippen molar-refractivity contribution in [2.75, 3.05) is 39.8 Å². The number of nitrogens with zero attached hydrogens (tertiary/aromatic N) is 3. The third-order valence-corrected chi connectivity index (χ3v) is 5.90. The molecule has 3 aromatic rings. The smallest absolute Gasteiger partial charge is 0.338 e. The van der Waals surface area contributed by atoms with Crippen LogP contribution in [0.2, 0.25) is 0 Å². The number of benzene rings is 2. The van der Waals surface area contributed by atoms with Gasteiger partial charge < -0.3 is 10.4 Å². The lowest BCUT2D eigenvalue weighted by Gasteiger charge is -2.35. The second-order valence-electron chi connectivity index (χ2n) is 7.87. The number of hydrogen-bond acceptors (Lipinski definition) is 5. The first-order chi connectivity index (χ1) is 15.5. The predicted octanol–water partition coefficient (Wildman–Crippen LogP) is 1.55. The lowest BCUT2D eigenvalue weighted by Crippen LogP contribution is -2.49. The first-order valence-electron chi connectivity index (χ1n) is 10.6. The van der Waals surface area contributed by atoms with Crippen LogP contribution < -0.4 is 10.9 Å². The van der Waals surface area contributed by atoms with E-state index in [4.69, 9.17) is 0 Å². The van der Waals surface area contributed by atoms with Gasteiger partial charge in [-0.2, -0.15) is 0 Å². The maximum atomic E-state index is 13.5. The molecule has 0 spiro atoms. The van der Waals surface area contributed by atoms with Crippen LogP contribution in [0.1, 0.15) is 16.1 Å². The average Bonchev–Trinajstić information content (AvgIpc) is 2.81. The van der Waals surface area contributed by atoms with Crippen molar-refractivity contribution in [2.24, 2.45) is 0 Å². The molecule has 0 radical (unpaired) electrons. The summed E-state index contributed by atoms with van der Waals surface area (Å²) in [5, 5.41) is 13.6. The Morgan fingerprint density at radius 1 is 0.906 bits per heavy atom. The van der Waals surface area contributed by atoms with Crippen molar-refractivity contribution in [1.82, 2.24) is 19.7 Å². The summed E-state index contributed by atoms with van der Waals surface area (Å²) in [4.78, 5) is 41.7. The standard InChI is InChI=1S/C24H26N4O4/c1-25-21(29)16-27-13-11-26(12-14-27)15-20-22(24(31)32)18-9-5-6-10-19(18)23(30)28(20)17-7-3-2-4-8-17/h2-10H,11-16H2,1H3,(H,25,29)(H,31,32). The highest BCUT2D eigenvalue weighted by atomic mass is 16.4. The van der Waals surface area contributed by atoms with E-state index in [1.807, 2.05) is 30.3 Å². The number of aromatic nitrogens is 1. The molecule has 8 nitrogen and oxygen atoms in total. The van der Waals surface area contributed by atoms with E-state index < -0.39 is 5.97 Å². The number of pyridine rings is 1. The lowest BCUT2D eigenvalue weighted by atomic mass is 10.0. The Morgan fingerprint density at radius 3 is 2.12 bits per heavy atom. The van der Waals surface area contributed by atoms with Gasteiger partial charge in [-0.1, -0.05) is 36.4 Å². The van der Waals surface area contributed by atoms with Crippen molar-refractivity contribution >= 4 is 22.6 Å². The van der Waals surface area contributed by atoms with Gasteiger partial charge in [-0.25, -0.2) is 4.79 Å². The molecule has 0 aliphatic carbocycles. The molecule has 0 saturated carbocycles. The summed E-state index contributed by atoms with van der Waals surface area (Å²) in [7, 11) is 1.62. The molecule has 4 rings (SSSR count). The summed E-state index contributed by atoms with van der Waals surface area (Å²) in [6.07, 6.45) is 0. The molecule has 1 aliphatic rings. The van der Waals surface area contributed by atoms with Gasteiger partial charge in [0.05, 0.1) is 17.8 Å². The zero-order valence-electron chi connectivity index (χ0n) is 18.0. The summed E-state index contributed by atoms with van der Waals surface area (Å²) in [5.41, 5.74) is 1.02. The molecule has 2 heterocycles. The number of aromatic carboxylic acids is 1. The fraction of sp³-hybridized carbons (Fsp3) is 0.292. The number of amides is 1. The number of rotatable bonds is 6. The lowest BCUT2D eigenvalue weighted by molar-refractivity contribution is -0.122. The van der Waals surface area contributed by atoms with E-state index in [2.05, 4.69) is 15.1 Å². The van der Waals surface area contributed by atoms with Crippen molar-refractivity contribution in [3.8, 4) is 5.69 Å². The third kappa shape index (κ3) is 4.28. The van der Waals surface area contributed by atoms with Gasteiger partial charge in [-0.15, -0.1) is 0 Å². The summed E-state index contributed by atoms with van der Waals surface area (Å²) in [6.45, 7) is 3.40. The maximum Gasteiger partial charge on any atom is 0.338 e. The van der Waals surface area contributed by atoms with Crippen molar-refractivity contribution in [1.29, 1.82) is 0 Å². The Kier molecular flexibility index (Phi) is 6.34. The zero-order valence-corrected chi connectivity index (χ0v) is 18.0. The van der Waals surface area contributed by atoms with Crippen LogP contribution in [-0.4, -0.2) is 71.1 Å². The molecule has 1 saturated heterocycles. The molecule has 0 atom stereocenters. The third-order valence-electron chi connectivity index (χ3n) is 5.90. The number of carboxylic acids is 1. The minimum absolute atomic E-state index is 0.0286. The van der Waals surface area contributed by atoms with Crippen molar-refractivity contribution in [3.63, 3.8) is 0 Å². The number of piperazine rings is 1. The van der Waals surface area contributed by atoms with Crippen LogP contribution in [-0.2, 0) is 11.3 Å². The van der Waals surface area contributed by atoms with Gasteiger partial charge in [0.2, 0.25) is 5.91 Å². The van der Waals surface area contributed by atoms with Gasteiger partial charge in [0, 0.05) is 56.2 Å². The number of nitrogens with one attached hydrogen (secondary N) is 1. The van der Waals surface area contributed by atoms with E-state index in [1.54, 1.807) is 31.3 Å². The quantitative estimate of drug-likeness (QED) is 0.611. The Bertz CT molecular complexity index is 1200. The number of carbonyl (C=O) groups excluding carboxylic acids is 1. The highest BCUT2D eigenvalue weighted by Gasteiger charge is 2.26. The zero-order chi connectivity index (χ0) is 22.7. The fourth-order valence-corrected chi connectivity index (χ4v) is 4.24. The number of para-hydroxylation sites is 1. The SMILES string of the molecule is CNC(=O)CN1CCN(Cc2c(C(=O)O)c3ccccc3c(=O)n2-c2ccccc2)CC1. The molecule has 1 aromatic heterocycles. The van der Waals surface area contributed by atoms with Crippen LogP contribution in [0.3, 0.4) is 0 Å². The molecule has 32 heavy (non-hydrogen) atoms. The molecular formula is C24H26N4O4. The van der Waals surface area contributed by atoms with Crippen molar-refractivity contribution < 1.29 is 14.7 Å². The second-order valence-corrected chi connectivity index (χ2v) is 7.87. The first kappa shape index (κ1) is 21.7. The van der Waals surface area contributed by atoms with E-state index in [0.29, 0.717) is 61.4 Å². The predicted molar refractivity (Wildman–Crippen MR) is 122 cm³/mol. The Hall–Kier alpha value is -3.49. The van der Waals surface area contributed by atoms with Gasteiger partial charge >= 0.3 is 5.97 Å². The fourth-order valence-electron chi connectivity index (χ4n) is 4.24. The van der Waals surface area contributed by atoms with E-state index in [1.165, 1.54) is 4.57 Å². The van der Waals surface area contributed by atoms with Crippen LogP contribution in [0.15, 0.2) is 59.4 Å². The monoisotopic (exact) mass is 434 g/mol. The Labute approximate surface area is 185 Å². The molecule has 2 N–H and O–H groups in total. The van der Waals surface area contributed by atoms with Crippen LogP contribution in [0.4, 0.5) is 0 Å². The van der Waals surface area contributed by atoms with E-state index in [0.717, 1.165) is 0 Å². The highest BCUT2D eigenvalue weighted by Crippen LogP contribution is 2.24. The summed E-state index contributed by atoms with van der Waals surface area (Å²) >= 11 is 0. The summed E-state index contributed by atoms with van der Waals surface area (Å²) in [5.74, 6) is -1.09. The summed E-state index contributed by atoms with van der Waals surface area (Å²) in [6, 6.07) is 16.0. The first-order valence-corrected chi connectivity index (χ1v) is 10.6. The average molecular weight is 434 g/mol.